The van der Waals surface area contributed by atoms with E-state index in [-0.39, 0.29) is 11.5 Å². The van der Waals surface area contributed by atoms with E-state index in [1.54, 1.807) is 0 Å². The van der Waals surface area contributed by atoms with E-state index in [0.29, 0.717) is 5.91 Å². The van der Waals surface area contributed by atoms with Gasteiger partial charge in [-0.1, -0.05) is 27.7 Å². The third-order valence-electron chi connectivity index (χ3n) is 5.08. The van der Waals surface area contributed by atoms with E-state index in [1.165, 1.54) is 19.4 Å². The van der Waals surface area contributed by atoms with Crippen LogP contribution in [0.4, 0.5) is 0 Å². The summed E-state index contributed by atoms with van der Waals surface area (Å²) in [7, 11) is 0. The number of carbonyl (C=O) groups is 1. The van der Waals surface area contributed by atoms with E-state index >= 15 is 0 Å². The minimum absolute atomic E-state index is 0.00784. The molecule has 4 heteroatoms. The zero-order valence-electron chi connectivity index (χ0n) is 14.3. The van der Waals surface area contributed by atoms with Crippen molar-refractivity contribution in [2.24, 2.45) is 11.3 Å². The second-order valence-electron chi connectivity index (χ2n) is 7.83. The topological polar surface area (TPSA) is 35.6 Å². The Hall–Kier alpha value is -0.610. The summed E-state index contributed by atoms with van der Waals surface area (Å²) in [5.74, 6) is 1.08. The van der Waals surface area contributed by atoms with E-state index in [9.17, 15) is 4.79 Å². The first-order chi connectivity index (χ1) is 9.90. The molecule has 0 bridgehead atoms. The van der Waals surface area contributed by atoms with Crippen molar-refractivity contribution in [2.75, 3.05) is 39.3 Å². The number of carbonyl (C=O) groups excluding carboxylic acids is 1. The Morgan fingerprint density at radius 1 is 1.24 bits per heavy atom. The molecule has 2 aliphatic rings. The minimum Gasteiger partial charge on any atom is -0.339 e. The molecular formula is C17H33N3O. The average molecular weight is 295 g/mol. The number of nitrogens with one attached hydrogen (secondary N) is 1. The fourth-order valence-electron chi connectivity index (χ4n) is 3.45. The fraction of sp³-hybridized carbons (Fsp3) is 0.941. The van der Waals surface area contributed by atoms with Crippen LogP contribution in [0.1, 0.15) is 47.0 Å². The van der Waals surface area contributed by atoms with Crippen molar-refractivity contribution in [3.8, 4) is 0 Å². The Balaban J connectivity index is 1.82. The molecule has 0 spiro atoms. The predicted molar refractivity (Wildman–Crippen MR) is 87.3 cm³/mol. The molecule has 2 saturated heterocycles. The fourth-order valence-corrected chi connectivity index (χ4v) is 3.45. The van der Waals surface area contributed by atoms with Crippen molar-refractivity contribution in [2.45, 2.75) is 53.0 Å². The molecular weight excluding hydrogens is 262 g/mol. The van der Waals surface area contributed by atoms with E-state index in [4.69, 9.17) is 0 Å². The quantitative estimate of drug-likeness (QED) is 0.861. The summed E-state index contributed by atoms with van der Waals surface area (Å²) in [6.07, 6.45) is 3.58. The molecule has 0 aliphatic carbocycles. The minimum atomic E-state index is 0.00784. The van der Waals surface area contributed by atoms with E-state index in [0.717, 1.165) is 45.1 Å². The van der Waals surface area contributed by atoms with Gasteiger partial charge in [-0.05, 0) is 43.7 Å². The lowest BCUT2D eigenvalue weighted by Gasteiger charge is -2.43. The maximum Gasteiger partial charge on any atom is 0.240 e. The second-order valence-corrected chi connectivity index (χ2v) is 7.83. The number of hydrogen-bond acceptors (Lipinski definition) is 3. The molecule has 0 radical (unpaired) electrons. The smallest absolute Gasteiger partial charge is 0.240 e. The second kappa shape index (κ2) is 7.10. The molecule has 4 nitrogen and oxygen atoms in total. The van der Waals surface area contributed by atoms with Gasteiger partial charge in [0.2, 0.25) is 5.91 Å². The van der Waals surface area contributed by atoms with Crippen molar-refractivity contribution < 1.29 is 4.79 Å². The summed E-state index contributed by atoms with van der Waals surface area (Å²) in [6.45, 7) is 15.0. The monoisotopic (exact) mass is 295 g/mol. The molecule has 0 aromatic heterocycles. The molecule has 2 fully saturated rings. The van der Waals surface area contributed by atoms with Crippen LogP contribution in [0.15, 0.2) is 0 Å². The lowest BCUT2D eigenvalue weighted by molar-refractivity contribution is -0.139. The lowest BCUT2D eigenvalue weighted by Crippen LogP contribution is -2.59. The van der Waals surface area contributed by atoms with E-state index < -0.39 is 0 Å². The first kappa shape index (κ1) is 16.8. The van der Waals surface area contributed by atoms with Gasteiger partial charge in [-0.25, -0.2) is 0 Å². The molecule has 2 heterocycles. The highest BCUT2D eigenvalue weighted by atomic mass is 16.2. The molecule has 21 heavy (non-hydrogen) atoms. The van der Waals surface area contributed by atoms with Crippen LogP contribution in [0.5, 0.6) is 0 Å². The van der Waals surface area contributed by atoms with Gasteiger partial charge >= 0.3 is 0 Å². The number of nitrogens with zero attached hydrogens (tertiary/aromatic N) is 2. The van der Waals surface area contributed by atoms with Gasteiger partial charge in [-0.15, -0.1) is 0 Å². The van der Waals surface area contributed by atoms with Gasteiger partial charge in [0.1, 0.15) is 0 Å². The van der Waals surface area contributed by atoms with Crippen molar-refractivity contribution in [3.63, 3.8) is 0 Å². The van der Waals surface area contributed by atoms with Crippen LogP contribution in [0.2, 0.25) is 0 Å². The largest absolute Gasteiger partial charge is 0.339 e. The summed E-state index contributed by atoms with van der Waals surface area (Å²) in [4.78, 5) is 17.4. The Labute approximate surface area is 130 Å². The summed E-state index contributed by atoms with van der Waals surface area (Å²) in [6, 6.07) is 0.00784. The van der Waals surface area contributed by atoms with Gasteiger partial charge in [0.25, 0.3) is 0 Å². The van der Waals surface area contributed by atoms with Crippen LogP contribution in [-0.4, -0.2) is 61.0 Å². The molecule has 1 N–H and O–H groups in total. The molecule has 0 aromatic carbocycles. The maximum absolute atomic E-state index is 12.8. The van der Waals surface area contributed by atoms with Crippen LogP contribution < -0.4 is 5.32 Å². The average Bonchev–Trinajstić information content (AvgIpc) is 2.44. The molecule has 0 saturated carbocycles. The molecule has 1 amide bonds. The van der Waals surface area contributed by atoms with Gasteiger partial charge in [-0.2, -0.15) is 0 Å². The number of rotatable bonds is 4. The molecule has 2 rings (SSSR count). The van der Waals surface area contributed by atoms with Crippen LogP contribution in [0.25, 0.3) is 0 Å². The van der Waals surface area contributed by atoms with Gasteiger partial charge in [0.15, 0.2) is 0 Å². The SMILES string of the molecule is CC(C)CCN1CCN(C(=O)C2NCCCC2(C)C)CC1. The maximum atomic E-state index is 12.8. The van der Waals surface area contributed by atoms with Crippen LogP contribution in [0, 0.1) is 11.3 Å². The highest BCUT2D eigenvalue weighted by molar-refractivity contribution is 5.83. The van der Waals surface area contributed by atoms with Gasteiger partial charge in [0, 0.05) is 26.2 Å². The lowest BCUT2D eigenvalue weighted by atomic mass is 9.77. The first-order valence-corrected chi connectivity index (χ1v) is 8.64. The van der Waals surface area contributed by atoms with E-state index in [2.05, 4.69) is 42.8 Å². The van der Waals surface area contributed by atoms with Crippen LogP contribution >= 0.6 is 0 Å². The van der Waals surface area contributed by atoms with Gasteiger partial charge in [-0.3, -0.25) is 9.69 Å². The summed E-state index contributed by atoms with van der Waals surface area (Å²) in [5.41, 5.74) is 0.0874. The van der Waals surface area contributed by atoms with Crippen molar-refractivity contribution in [3.05, 3.63) is 0 Å². The zero-order chi connectivity index (χ0) is 15.5. The van der Waals surface area contributed by atoms with Gasteiger partial charge in [0.05, 0.1) is 6.04 Å². The summed E-state index contributed by atoms with van der Waals surface area (Å²) in [5, 5.41) is 3.45. The third kappa shape index (κ3) is 4.43. The Morgan fingerprint density at radius 2 is 1.90 bits per heavy atom. The Bertz CT molecular complexity index is 346. The molecule has 122 valence electrons. The zero-order valence-corrected chi connectivity index (χ0v) is 14.3. The standard InChI is InChI=1S/C17H33N3O/c1-14(2)6-9-19-10-12-20(13-11-19)16(21)15-17(3,4)7-5-8-18-15/h14-15,18H,5-13H2,1-4H3. The highest BCUT2D eigenvalue weighted by Gasteiger charge is 2.39. The first-order valence-electron chi connectivity index (χ1n) is 8.64. The molecule has 1 unspecified atom stereocenters. The van der Waals surface area contributed by atoms with Gasteiger partial charge < -0.3 is 10.2 Å². The molecule has 0 aromatic rings. The van der Waals surface area contributed by atoms with Crippen LogP contribution in [-0.2, 0) is 4.79 Å². The van der Waals surface area contributed by atoms with Crippen LogP contribution in [0.3, 0.4) is 0 Å². The Morgan fingerprint density at radius 3 is 2.48 bits per heavy atom. The third-order valence-corrected chi connectivity index (χ3v) is 5.08. The molecule has 1 atom stereocenters. The molecule has 2 aliphatic heterocycles. The predicted octanol–water partition coefficient (Wildman–Crippen LogP) is 1.95. The summed E-state index contributed by atoms with van der Waals surface area (Å²) >= 11 is 0. The number of piperidine rings is 1. The Kier molecular flexibility index (Phi) is 5.67. The number of amides is 1. The number of piperazine rings is 1. The number of hydrogen-bond donors (Lipinski definition) is 1. The van der Waals surface area contributed by atoms with Crippen molar-refractivity contribution >= 4 is 5.91 Å². The van der Waals surface area contributed by atoms with Crippen molar-refractivity contribution in [1.29, 1.82) is 0 Å². The normalized spacial score (nSPS) is 27.1. The summed E-state index contributed by atoms with van der Waals surface area (Å²) < 4.78 is 0. The highest BCUT2D eigenvalue weighted by Crippen LogP contribution is 2.31. The van der Waals surface area contributed by atoms with Crippen molar-refractivity contribution in [1.82, 2.24) is 15.1 Å². The van der Waals surface area contributed by atoms with E-state index in [1.807, 2.05) is 0 Å².